The third-order valence-electron chi connectivity index (χ3n) is 7.54. The quantitative estimate of drug-likeness (QED) is 0.377. The molecule has 4 aromatic rings. The van der Waals surface area contributed by atoms with Crippen molar-refractivity contribution < 1.29 is 9.84 Å². The van der Waals surface area contributed by atoms with Crippen LogP contribution in [0.25, 0.3) is 21.7 Å². The van der Waals surface area contributed by atoms with Crippen LogP contribution < -0.4 is 4.74 Å². The number of aromatic nitrogens is 1. The van der Waals surface area contributed by atoms with Gasteiger partial charge in [0.15, 0.2) is 0 Å². The highest BCUT2D eigenvalue weighted by atomic mass is 16.5. The topological polar surface area (TPSA) is 51.7 Å². The van der Waals surface area contributed by atoms with Gasteiger partial charge in [-0.15, -0.1) is 0 Å². The second kappa shape index (κ2) is 9.86. The largest absolute Gasteiger partial charge is 0.490 e. The number of aliphatic hydroxyl groups excluding tert-OH is 1. The van der Waals surface area contributed by atoms with E-state index >= 15 is 0 Å². The molecule has 35 heavy (non-hydrogen) atoms. The predicted octanol–water partition coefficient (Wildman–Crippen LogP) is 4.97. The van der Waals surface area contributed by atoms with E-state index in [-0.39, 0.29) is 0 Å². The number of fused-ring (bicyclic) bond motifs is 6. The molecule has 2 N–H and O–H groups in total. The van der Waals surface area contributed by atoms with Crippen LogP contribution in [0, 0.1) is 0 Å². The summed E-state index contributed by atoms with van der Waals surface area (Å²) in [4.78, 5) is 8.34. The van der Waals surface area contributed by atoms with Crippen LogP contribution in [0.4, 0.5) is 0 Å². The van der Waals surface area contributed by atoms with Crippen LogP contribution in [0.3, 0.4) is 0 Å². The maximum absolute atomic E-state index is 10.9. The molecule has 0 amide bonds. The lowest BCUT2D eigenvalue weighted by Crippen LogP contribution is -2.59. The third kappa shape index (κ3) is 4.85. The van der Waals surface area contributed by atoms with Crippen LogP contribution in [-0.4, -0.2) is 64.3 Å². The van der Waals surface area contributed by atoms with Gasteiger partial charge in [0.2, 0.25) is 0 Å². The highest BCUT2D eigenvalue weighted by Gasteiger charge is 2.34. The Morgan fingerprint density at radius 1 is 0.886 bits per heavy atom. The Morgan fingerprint density at radius 2 is 1.69 bits per heavy atom. The number of benzene rings is 3. The molecule has 0 radical (unpaired) electrons. The Kier molecular flexibility index (Phi) is 6.30. The van der Waals surface area contributed by atoms with Gasteiger partial charge in [-0.3, -0.25) is 9.80 Å². The summed E-state index contributed by atoms with van der Waals surface area (Å²) < 4.78 is 6.03. The standard InChI is InChI=1S/C30H33N3O2/c34-27(21-35-30-11-5-10-29-28(30)14-15-31-29)20-33-19-25-8-3-4-9-26(33)18-32(25)17-22-12-13-23-6-1-2-7-24(23)16-22/h1-7,10-16,25-27,31,34H,8-9,17-21H2/b4-3-/t25-,26-,27-/m0/s1. The van der Waals surface area contributed by atoms with Crippen molar-refractivity contribution in [3.63, 3.8) is 0 Å². The fraction of sp³-hybridized carbons (Fsp3) is 0.333. The average Bonchev–Trinajstić information content (AvgIpc) is 3.34. The van der Waals surface area contributed by atoms with Gasteiger partial charge in [-0.2, -0.15) is 0 Å². The molecule has 3 aliphatic rings. The minimum Gasteiger partial charge on any atom is -0.490 e. The SMILES string of the molecule is O[C@H](COc1cccc2[nH]ccc12)CN1C[C@@H]2C/C=C\C[C@H]1CN2Cc1ccc2ccccc2c1. The van der Waals surface area contributed by atoms with Crippen LogP contribution >= 0.6 is 0 Å². The number of rotatable bonds is 7. The molecule has 2 bridgehead atoms. The lowest BCUT2D eigenvalue weighted by molar-refractivity contribution is -0.0124. The van der Waals surface area contributed by atoms with Crippen LogP contribution in [0.2, 0.25) is 0 Å². The van der Waals surface area contributed by atoms with Crippen molar-refractivity contribution in [2.75, 3.05) is 26.2 Å². The Bertz CT molecular complexity index is 1330. The van der Waals surface area contributed by atoms with Crippen LogP contribution in [0.15, 0.2) is 85.1 Å². The molecular formula is C30H33N3O2. The summed E-state index contributed by atoms with van der Waals surface area (Å²) in [6, 6.07) is 24.3. The highest BCUT2D eigenvalue weighted by Crippen LogP contribution is 2.27. The first kappa shape index (κ1) is 22.4. The first-order valence-corrected chi connectivity index (χ1v) is 12.7. The summed E-state index contributed by atoms with van der Waals surface area (Å²) in [7, 11) is 0. The molecular weight excluding hydrogens is 434 g/mol. The number of aliphatic hydroxyl groups is 1. The maximum atomic E-state index is 10.9. The van der Waals surface area contributed by atoms with Gasteiger partial charge in [0.1, 0.15) is 18.5 Å². The van der Waals surface area contributed by atoms with Gasteiger partial charge < -0.3 is 14.8 Å². The maximum Gasteiger partial charge on any atom is 0.128 e. The van der Waals surface area contributed by atoms with Gasteiger partial charge >= 0.3 is 0 Å². The smallest absolute Gasteiger partial charge is 0.128 e. The van der Waals surface area contributed by atoms with Crippen molar-refractivity contribution in [3.8, 4) is 5.75 Å². The number of H-pyrrole nitrogens is 1. The summed E-state index contributed by atoms with van der Waals surface area (Å²) in [5.41, 5.74) is 2.43. The van der Waals surface area contributed by atoms with E-state index in [1.165, 1.54) is 16.3 Å². The first-order valence-electron chi connectivity index (χ1n) is 12.7. The molecule has 5 heteroatoms. The van der Waals surface area contributed by atoms with E-state index in [2.05, 4.69) is 69.4 Å². The fourth-order valence-corrected chi connectivity index (χ4v) is 5.71. The highest BCUT2D eigenvalue weighted by molar-refractivity contribution is 5.85. The molecule has 1 fully saturated rings. The predicted molar refractivity (Wildman–Crippen MR) is 142 cm³/mol. The molecule has 1 aromatic heterocycles. The number of aromatic amines is 1. The molecule has 3 aromatic carbocycles. The molecule has 5 nitrogen and oxygen atoms in total. The van der Waals surface area contributed by atoms with Crippen molar-refractivity contribution in [1.82, 2.24) is 14.8 Å². The first-order chi connectivity index (χ1) is 17.2. The monoisotopic (exact) mass is 467 g/mol. The van der Waals surface area contributed by atoms with Crippen LogP contribution in [0.5, 0.6) is 5.75 Å². The van der Waals surface area contributed by atoms with Crippen molar-refractivity contribution in [2.24, 2.45) is 0 Å². The second-order valence-electron chi connectivity index (χ2n) is 9.98. The van der Waals surface area contributed by atoms with Crippen LogP contribution in [-0.2, 0) is 6.54 Å². The Labute approximate surface area is 206 Å². The number of hydrogen-bond acceptors (Lipinski definition) is 4. The number of hydrogen-bond donors (Lipinski definition) is 2. The van der Waals surface area contributed by atoms with Gasteiger partial charge in [0.25, 0.3) is 0 Å². The summed E-state index contributed by atoms with van der Waals surface area (Å²) in [6.07, 6.45) is 8.14. The van der Waals surface area contributed by atoms with E-state index in [9.17, 15) is 5.11 Å². The van der Waals surface area contributed by atoms with Gasteiger partial charge in [-0.25, -0.2) is 0 Å². The van der Waals surface area contributed by atoms with Gasteiger partial charge in [0, 0.05) is 55.4 Å². The normalized spacial score (nSPS) is 22.8. The third-order valence-corrected chi connectivity index (χ3v) is 7.54. The average molecular weight is 468 g/mol. The number of ether oxygens (including phenoxy) is 1. The zero-order valence-electron chi connectivity index (χ0n) is 20.0. The zero-order chi connectivity index (χ0) is 23.6. The minimum absolute atomic E-state index is 0.300. The van der Waals surface area contributed by atoms with E-state index in [4.69, 9.17) is 4.74 Å². The number of nitrogens with zero attached hydrogens (tertiary/aromatic N) is 2. The van der Waals surface area contributed by atoms with E-state index in [0.29, 0.717) is 25.2 Å². The molecule has 4 heterocycles. The van der Waals surface area contributed by atoms with Gasteiger partial charge in [-0.05, 0) is 53.4 Å². The number of piperazine rings is 1. The lowest BCUT2D eigenvalue weighted by atomic mass is 9.96. The molecule has 3 aliphatic heterocycles. The molecule has 0 saturated carbocycles. The van der Waals surface area contributed by atoms with Crippen LogP contribution in [0.1, 0.15) is 18.4 Å². The molecule has 3 atom stereocenters. The Balaban J connectivity index is 1.10. The fourth-order valence-electron chi connectivity index (χ4n) is 5.71. The Hall–Kier alpha value is -3.12. The summed E-state index contributed by atoms with van der Waals surface area (Å²) in [6.45, 7) is 3.92. The Morgan fingerprint density at radius 3 is 2.57 bits per heavy atom. The molecule has 180 valence electrons. The lowest BCUT2D eigenvalue weighted by Gasteiger charge is -2.47. The zero-order valence-corrected chi connectivity index (χ0v) is 20.0. The minimum atomic E-state index is -0.525. The molecule has 0 unspecified atom stereocenters. The molecule has 0 spiro atoms. The van der Waals surface area contributed by atoms with Crippen molar-refractivity contribution >= 4 is 21.7 Å². The summed E-state index contributed by atoms with van der Waals surface area (Å²) >= 11 is 0. The summed E-state index contributed by atoms with van der Waals surface area (Å²) in [5.74, 6) is 0.821. The molecule has 7 rings (SSSR count). The van der Waals surface area contributed by atoms with E-state index in [1.807, 2.05) is 30.5 Å². The molecule has 1 saturated heterocycles. The van der Waals surface area contributed by atoms with Gasteiger partial charge in [-0.1, -0.05) is 54.6 Å². The summed E-state index contributed by atoms with van der Waals surface area (Å²) in [5, 5.41) is 14.5. The van der Waals surface area contributed by atoms with Gasteiger partial charge in [0.05, 0.1) is 0 Å². The van der Waals surface area contributed by atoms with E-state index in [1.54, 1.807) is 0 Å². The number of nitrogens with one attached hydrogen (secondary N) is 1. The van der Waals surface area contributed by atoms with Crippen molar-refractivity contribution in [3.05, 3.63) is 90.6 Å². The van der Waals surface area contributed by atoms with E-state index < -0.39 is 6.10 Å². The van der Waals surface area contributed by atoms with Crippen molar-refractivity contribution in [1.29, 1.82) is 0 Å². The van der Waals surface area contributed by atoms with Crippen molar-refractivity contribution in [2.45, 2.75) is 37.6 Å². The second-order valence-corrected chi connectivity index (χ2v) is 9.98. The molecule has 0 aliphatic carbocycles. The van der Waals surface area contributed by atoms with E-state index in [0.717, 1.165) is 49.1 Å².